The van der Waals surface area contributed by atoms with Crippen molar-refractivity contribution >= 4 is 17.1 Å². The van der Waals surface area contributed by atoms with E-state index >= 15 is 0 Å². The molecule has 4 unspecified atom stereocenters. The van der Waals surface area contributed by atoms with Gasteiger partial charge in [-0.2, -0.15) is 0 Å². The van der Waals surface area contributed by atoms with Gasteiger partial charge in [-0.3, -0.25) is 0 Å². The highest BCUT2D eigenvalue weighted by molar-refractivity contribution is 5.77. The van der Waals surface area contributed by atoms with Gasteiger partial charge in [0.1, 0.15) is 0 Å². The molecule has 0 aliphatic heterocycles. The number of hydrogen-bond donors (Lipinski definition) is 0. The number of rotatable bonds is 6. The fourth-order valence-corrected chi connectivity index (χ4v) is 13.6. The molecule has 7 bridgehead atoms. The largest absolute Gasteiger partial charge is 0.311 e. The van der Waals surface area contributed by atoms with Gasteiger partial charge in [-0.25, -0.2) is 0 Å². The summed E-state index contributed by atoms with van der Waals surface area (Å²) in [7, 11) is 0. The SMILES string of the molecule is c1cc(N(c2ccc(C34CC5CC(CC(C5)C3)C4)cc2)c2ccc(C34CCC5CCC(CC5C3)C4)cc2)ccc1C1CCCCC1. The molecule has 0 N–H and O–H groups in total. The first-order valence-electron chi connectivity index (χ1n) is 19.7. The lowest BCUT2D eigenvalue weighted by atomic mass is 9.48. The third-order valence-corrected chi connectivity index (χ3v) is 15.3. The van der Waals surface area contributed by atoms with E-state index in [9.17, 15) is 0 Å². The second-order valence-electron chi connectivity index (χ2n) is 18.0. The second-order valence-corrected chi connectivity index (χ2v) is 18.0. The van der Waals surface area contributed by atoms with Crippen molar-refractivity contribution in [3.8, 4) is 0 Å². The summed E-state index contributed by atoms with van der Waals surface area (Å²) in [4.78, 5) is 2.56. The second kappa shape index (κ2) is 11.0. The number of anilines is 3. The Hall–Kier alpha value is -2.54. The molecule has 0 amide bonds. The van der Waals surface area contributed by atoms with E-state index in [1.165, 1.54) is 133 Å². The third kappa shape index (κ3) is 4.76. The first-order valence-corrected chi connectivity index (χ1v) is 19.7. The van der Waals surface area contributed by atoms with Crippen LogP contribution in [0.4, 0.5) is 17.1 Å². The molecular formula is C45H55N. The van der Waals surface area contributed by atoms with Crippen molar-refractivity contribution in [2.45, 2.75) is 132 Å². The van der Waals surface area contributed by atoms with Gasteiger partial charge in [-0.05, 0) is 195 Å². The molecule has 240 valence electrons. The van der Waals surface area contributed by atoms with Crippen LogP contribution in [0.1, 0.15) is 138 Å². The predicted molar refractivity (Wildman–Crippen MR) is 191 cm³/mol. The molecule has 0 saturated heterocycles. The molecule has 1 nitrogen and oxygen atoms in total. The molecule has 11 rings (SSSR count). The van der Waals surface area contributed by atoms with Crippen LogP contribution >= 0.6 is 0 Å². The van der Waals surface area contributed by atoms with Crippen LogP contribution in [0, 0.1) is 35.5 Å². The molecular weight excluding hydrogens is 555 g/mol. The van der Waals surface area contributed by atoms with E-state index in [2.05, 4.69) is 77.7 Å². The van der Waals surface area contributed by atoms with Gasteiger partial charge in [0.05, 0.1) is 0 Å². The topological polar surface area (TPSA) is 3.24 Å². The average molecular weight is 610 g/mol. The molecule has 8 fully saturated rings. The predicted octanol–water partition coefficient (Wildman–Crippen LogP) is 12.5. The first kappa shape index (κ1) is 28.5. The van der Waals surface area contributed by atoms with Crippen LogP contribution in [0.5, 0.6) is 0 Å². The Morgan fingerprint density at radius 2 is 0.978 bits per heavy atom. The lowest BCUT2D eigenvalue weighted by Gasteiger charge is -2.57. The maximum atomic E-state index is 2.56. The van der Waals surface area contributed by atoms with Crippen LogP contribution in [-0.2, 0) is 10.8 Å². The zero-order valence-corrected chi connectivity index (χ0v) is 28.1. The Bertz CT molecular complexity index is 1500. The van der Waals surface area contributed by atoms with Crippen molar-refractivity contribution in [2.24, 2.45) is 35.5 Å². The van der Waals surface area contributed by atoms with Crippen LogP contribution in [-0.4, -0.2) is 0 Å². The van der Waals surface area contributed by atoms with Crippen LogP contribution in [0.3, 0.4) is 0 Å². The summed E-state index contributed by atoms with van der Waals surface area (Å²) in [5.41, 5.74) is 9.66. The number of fused-ring (bicyclic) bond motifs is 2. The third-order valence-electron chi connectivity index (χ3n) is 15.3. The van der Waals surface area contributed by atoms with E-state index in [0.717, 1.165) is 41.4 Å². The van der Waals surface area contributed by atoms with E-state index < -0.39 is 0 Å². The van der Waals surface area contributed by atoms with Crippen LogP contribution in [0.25, 0.3) is 0 Å². The lowest BCUT2D eigenvalue weighted by Crippen LogP contribution is -2.48. The number of hydrogen-bond acceptors (Lipinski definition) is 1. The molecule has 0 heterocycles. The highest BCUT2D eigenvalue weighted by atomic mass is 15.1. The zero-order chi connectivity index (χ0) is 30.3. The van der Waals surface area contributed by atoms with Gasteiger partial charge in [0.2, 0.25) is 0 Å². The fraction of sp³-hybridized carbons (Fsp3) is 0.600. The molecule has 0 radical (unpaired) electrons. The molecule has 46 heavy (non-hydrogen) atoms. The van der Waals surface area contributed by atoms with Crippen molar-refractivity contribution < 1.29 is 0 Å². The fourth-order valence-electron chi connectivity index (χ4n) is 13.6. The van der Waals surface area contributed by atoms with E-state index in [4.69, 9.17) is 0 Å². The zero-order valence-electron chi connectivity index (χ0n) is 28.1. The van der Waals surface area contributed by atoms with Crippen molar-refractivity contribution in [1.29, 1.82) is 0 Å². The highest BCUT2D eigenvalue weighted by Gasteiger charge is 2.52. The monoisotopic (exact) mass is 609 g/mol. The van der Waals surface area contributed by atoms with Crippen LogP contribution in [0.15, 0.2) is 72.8 Å². The Balaban J connectivity index is 0.982. The van der Waals surface area contributed by atoms with Gasteiger partial charge in [-0.15, -0.1) is 0 Å². The van der Waals surface area contributed by atoms with Gasteiger partial charge in [-0.1, -0.05) is 62.1 Å². The molecule has 8 saturated carbocycles. The van der Waals surface area contributed by atoms with Gasteiger partial charge >= 0.3 is 0 Å². The Kier molecular flexibility index (Phi) is 6.81. The van der Waals surface area contributed by atoms with Gasteiger partial charge in [0.25, 0.3) is 0 Å². The van der Waals surface area contributed by atoms with E-state index in [1.54, 1.807) is 16.7 Å². The van der Waals surface area contributed by atoms with Crippen molar-refractivity contribution in [1.82, 2.24) is 0 Å². The molecule has 8 aliphatic carbocycles. The van der Waals surface area contributed by atoms with Crippen LogP contribution < -0.4 is 4.90 Å². The lowest BCUT2D eigenvalue weighted by molar-refractivity contribution is -0.00518. The number of benzene rings is 3. The normalized spacial score (nSPS) is 37.8. The van der Waals surface area contributed by atoms with Crippen molar-refractivity contribution in [3.05, 3.63) is 89.5 Å². The van der Waals surface area contributed by atoms with Crippen molar-refractivity contribution in [2.75, 3.05) is 4.90 Å². The molecule has 1 heteroatoms. The minimum Gasteiger partial charge on any atom is -0.311 e. The van der Waals surface area contributed by atoms with E-state index in [-0.39, 0.29) is 0 Å². The smallest absolute Gasteiger partial charge is 0.0461 e. The van der Waals surface area contributed by atoms with E-state index in [0.29, 0.717) is 10.8 Å². The summed E-state index contributed by atoms with van der Waals surface area (Å²) in [6.45, 7) is 0. The Morgan fingerprint density at radius 1 is 0.435 bits per heavy atom. The Labute approximate surface area is 278 Å². The summed E-state index contributed by atoms with van der Waals surface area (Å²) >= 11 is 0. The summed E-state index contributed by atoms with van der Waals surface area (Å²) in [5.74, 6) is 6.71. The summed E-state index contributed by atoms with van der Waals surface area (Å²) in [6, 6.07) is 29.8. The molecule has 0 aromatic heterocycles. The summed E-state index contributed by atoms with van der Waals surface area (Å²) in [6.07, 6.45) is 26.1. The van der Waals surface area contributed by atoms with E-state index in [1.807, 2.05) is 0 Å². The van der Waals surface area contributed by atoms with Gasteiger partial charge in [0, 0.05) is 17.1 Å². The Morgan fingerprint density at radius 3 is 1.59 bits per heavy atom. The molecule has 3 aromatic rings. The van der Waals surface area contributed by atoms with Gasteiger partial charge in [0.15, 0.2) is 0 Å². The standard InChI is InChI=1S/C45H55N/c1-2-4-35(5-3-1)36-8-14-41(15-9-36)46(43-18-12-40(13-19-43)45-27-32-22-33(28-45)24-34(23-32)29-45)42-16-10-39(11-17-42)44-21-20-37-7-6-31(26-44)25-38(37)30-44/h8-19,31-35,37-38H,1-7,20-30H2. The molecule has 0 spiro atoms. The highest BCUT2D eigenvalue weighted by Crippen LogP contribution is 2.61. The number of nitrogens with zero attached hydrogens (tertiary/aromatic N) is 1. The molecule has 3 aromatic carbocycles. The summed E-state index contributed by atoms with van der Waals surface area (Å²) < 4.78 is 0. The minimum absolute atomic E-state index is 0.440. The van der Waals surface area contributed by atoms with Gasteiger partial charge < -0.3 is 4.90 Å². The maximum absolute atomic E-state index is 2.56. The average Bonchev–Trinajstić information content (AvgIpc) is 3.08. The quantitative estimate of drug-likeness (QED) is 0.269. The maximum Gasteiger partial charge on any atom is 0.0461 e. The summed E-state index contributed by atoms with van der Waals surface area (Å²) in [5, 5.41) is 0. The molecule has 4 atom stereocenters. The van der Waals surface area contributed by atoms with Crippen LogP contribution in [0.2, 0.25) is 0 Å². The first-order chi connectivity index (χ1) is 22.6. The minimum atomic E-state index is 0.440. The molecule has 8 aliphatic rings. The van der Waals surface area contributed by atoms with Crippen molar-refractivity contribution in [3.63, 3.8) is 0 Å².